The van der Waals surface area contributed by atoms with Gasteiger partial charge in [0.1, 0.15) is 11.9 Å². The van der Waals surface area contributed by atoms with Crippen LogP contribution in [0.15, 0.2) is 71.6 Å². The van der Waals surface area contributed by atoms with Crippen molar-refractivity contribution in [2.75, 3.05) is 13.1 Å². The Bertz CT molecular complexity index is 1120. The lowest BCUT2D eigenvalue weighted by Crippen LogP contribution is -2.25. The zero-order valence-corrected chi connectivity index (χ0v) is 16.8. The molecule has 0 bridgehead atoms. The van der Waals surface area contributed by atoms with Crippen LogP contribution in [0.4, 0.5) is 0 Å². The van der Waals surface area contributed by atoms with Gasteiger partial charge in [-0.3, -0.25) is 9.88 Å². The SMILES string of the molecule is Cn1cccc1CN1CCC(Oc2ccccc2-c2nc(-c3ccncc3)no2)C1. The Kier molecular flexibility index (Phi) is 5.03. The Morgan fingerprint density at radius 1 is 1.10 bits per heavy atom. The van der Waals surface area contributed by atoms with Gasteiger partial charge in [-0.15, -0.1) is 0 Å². The molecule has 1 aliphatic heterocycles. The minimum atomic E-state index is 0.133. The van der Waals surface area contributed by atoms with Crippen LogP contribution in [0.2, 0.25) is 0 Å². The predicted molar refractivity (Wildman–Crippen MR) is 113 cm³/mol. The highest BCUT2D eigenvalue weighted by Gasteiger charge is 2.26. The highest BCUT2D eigenvalue weighted by Crippen LogP contribution is 2.32. The molecule has 3 aromatic heterocycles. The number of para-hydroxylation sites is 1. The second kappa shape index (κ2) is 8.12. The number of likely N-dealkylation sites (tertiary alicyclic amines) is 1. The summed E-state index contributed by atoms with van der Waals surface area (Å²) in [5.41, 5.74) is 2.99. The quantitative estimate of drug-likeness (QED) is 0.490. The molecular weight excluding hydrogens is 378 g/mol. The van der Waals surface area contributed by atoms with Crippen molar-refractivity contribution in [1.82, 2.24) is 24.6 Å². The maximum Gasteiger partial charge on any atom is 0.262 e. The van der Waals surface area contributed by atoms with Gasteiger partial charge in [0.15, 0.2) is 0 Å². The molecule has 0 spiro atoms. The zero-order chi connectivity index (χ0) is 20.3. The largest absolute Gasteiger partial charge is 0.488 e. The highest BCUT2D eigenvalue weighted by atomic mass is 16.5. The van der Waals surface area contributed by atoms with E-state index in [-0.39, 0.29) is 6.10 Å². The average molecular weight is 401 g/mol. The van der Waals surface area contributed by atoms with Crippen LogP contribution in [0.25, 0.3) is 22.8 Å². The number of benzene rings is 1. The Balaban J connectivity index is 1.30. The third kappa shape index (κ3) is 3.84. The van der Waals surface area contributed by atoms with Gasteiger partial charge >= 0.3 is 0 Å². The monoisotopic (exact) mass is 401 g/mol. The van der Waals surface area contributed by atoms with Crippen molar-refractivity contribution >= 4 is 0 Å². The number of rotatable bonds is 6. The summed E-state index contributed by atoms with van der Waals surface area (Å²) >= 11 is 0. The molecule has 4 heterocycles. The minimum Gasteiger partial charge on any atom is -0.488 e. The molecule has 0 N–H and O–H groups in total. The van der Waals surface area contributed by atoms with Crippen molar-refractivity contribution in [2.24, 2.45) is 7.05 Å². The van der Waals surface area contributed by atoms with Gasteiger partial charge in [-0.05, 0) is 42.8 Å². The lowest BCUT2D eigenvalue weighted by atomic mass is 10.2. The maximum absolute atomic E-state index is 6.37. The fourth-order valence-electron chi connectivity index (χ4n) is 3.80. The Morgan fingerprint density at radius 2 is 1.97 bits per heavy atom. The van der Waals surface area contributed by atoms with Crippen LogP contribution in [0, 0.1) is 0 Å². The van der Waals surface area contributed by atoms with Gasteiger partial charge in [-0.1, -0.05) is 17.3 Å². The van der Waals surface area contributed by atoms with Crippen LogP contribution in [0.1, 0.15) is 12.1 Å². The number of aryl methyl sites for hydroxylation is 1. The third-order valence-electron chi connectivity index (χ3n) is 5.44. The molecular formula is C23H23N5O2. The molecule has 1 fully saturated rings. The van der Waals surface area contributed by atoms with Gasteiger partial charge in [-0.25, -0.2) is 0 Å². The van der Waals surface area contributed by atoms with Crippen LogP contribution >= 0.6 is 0 Å². The second-order valence-corrected chi connectivity index (χ2v) is 7.53. The molecule has 1 saturated heterocycles. The Morgan fingerprint density at radius 3 is 2.80 bits per heavy atom. The fraction of sp³-hybridized carbons (Fsp3) is 0.261. The van der Waals surface area contributed by atoms with Gasteiger partial charge in [-0.2, -0.15) is 4.98 Å². The molecule has 1 unspecified atom stereocenters. The van der Waals surface area contributed by atoms with E-state index >= 15 is 0 Å². The van der Waals surface area contributed by atoms with E-state index in [9.17, 15) is 0 Å². The molecule has 152 valence electrons. The van der Waals surface area contributed by atoms with Gasteiger partial charge < -0.3 is 13.8 Å². The van der Waals surface area contributed by atoms with E-state index in [4.69, 9.17) is 9.26 Å². The zero-order valence-electron chi connectivity index (χ0n) is 16.8. The molecule has 1 aromatic carbocycles. The minimum absolute atomic E-state index is 0.133. The fourth-order valence-corrected chi connectivity index (χ4v) is 3.80. The number of hydrogen-bond acceptors (Lipinski definition) is 6. The summed E-state index contributed by atoms with van der Waals surface area (Å²) in [5.74, 6) is 1.76. The van der Waals surface area contributed by atoms with E-state index < -0.39 is 0 Å². The number of hydrogen-bond donors (Lipinski definition) is 0. The molecule has 1 atom stereocenters. The number of ether oxygens (including phenoxy) is 1. The van der Waals surface area contributed by atoms with Crippen molar-refractivity contribution in [2.45, 2.75) is 19.1 Å². The molecule has 0 aliphatic carbocycles. The molecule has 1 aliphatic rings. The third-order valence-corrected chi connectivity index (χ3v) is 5.44. The van der Waals surface area contributed by atoms with E-state index in [1.54, 1.807) is 12.4 Å². The van der Waals surface area contributed by atoms with Crippen molar-refractivity contribution < 1.29 is 9.26 Å². The summed E-state index contributed by atoms with van der Waals surface area (Å²) in [6.07, 6.45) is 6.63. The maximum atomic E-state index is 6.37. The normalized spacial score (nSPS) is 16.8. The first kappa shape index (κ1) is 18.6. The van der Waals surface area contributed by atoms with E-state index in [1.807, 2.05) is 36.4 Å². The van der Waals surface area contributed by atoms with E-state index in [0.717, 1.165) is 42.9 Å². The summed E-state index contributed by atoms with van der Waals surface area (Å²) in [6.45, 7) is 2.85. The summed E-state index contributed by atoms with van der Waals surface area (Å²) in [4.78, 5) is 11.0. The number of nitrogens with zero attached hydrogens (tertiary/aromatic N) is 5. The molecule has 0 saturated carbocycles. The summed E-state index contributed by atoms with van der Waals surface area (Å²) < 4.78 is 14.1. The van der Waals surface area contributed by atoms with Gasteiger partial charge in [0, 0.05) is 56.5 Å². The first-order valence-electron chi connectivity index (χ1n) is 10.1. The first-order valence-corrected chi connectivity index (χ1v) is 10.1. The molecule has 0 amide bonds. The lowest BCUT2D eigenvalue weighted by molar-refractivity contribution is 0.197. The van der Waals surface area contributed by atoms with Gasteiger partial charge in [0.25, 0.3) is 5.89 Å². The number of aromatic nitrogens is 4. The van der Waals surface area contributed by atoms with Crippen LogP contribution in [0.3, 0.4) is 0 Å². The van der Waals surface area contributed by atoms with Crippen LogP contribution in [-0.2, 0) is 13.6 Å². The second-order valence-electron chi connectivity index (χ2n) is 7.53. The van der Waals surface area contributed by atoms with Crippen LogP contribution < -0.4 is 4.74 Å². The Hall–Kier alpha value is -3.45. The highest BCUT2D eigenvalue weighted by molar-refractivity contribution is 5.65. The first-order chi connectivity index (χ1) is 14.8. The molecule has 4 aromatic rings. The van der Waals surface area contributed by atoms with Gasteiger partial charge in [0.05, 0.1) is 5.56 Å². The lowest BCUT2D eigenvalue weighted by Gasteiger charge is -2.18. The molecule has 7 heteroatoms. The van der Waals surface area contributed by atoms with Crippen LogP contribution in [-0.4, -0.2) is 43.8 Å². The van der Waals surface area contributed by atoms with Crippen molar-refractivity contribution in [3.63, 3.8) is 0 Å². The number of pyridine rings is 1. The topological polar surface area (TPSA) is 69.2 Å². The summed E-state index contributed by atoms with van der Waals surface area (Å²) in [5, 5.41) is 4.12. The van der Waals surface area contributed by atoms with E-state index in [2.05, 4.69) is 50.0 Å². The van der Waals surface area contributed by atoms with E-state index in [1.165, 1.54) is 5.69 Å². The van der Waals surface area contributed by atoms with Crippen molar-refractivity contribution in [3.05, 3.63) is 72.8 Å². The van der Waals surface area contributed by atoms with Crippen molar-refractivity contribution in [3.8, 4) is 28.6 Å². The molecule has 7 nitrogen and oxygen atoms in total. The molecule has 0 radical (unpaired) electrons. The molecule has 5 rings (SSSR count). The van der Waals surface area contributed by atoms with Crippen LogP contribution in [0.5, 0.6) is 5.75 Å². The Labute approximate surface area is 174 Å². The summed E-state index contributed by atoms with van der Waals surface area (Å²) in [7, 11) is 2.08. The van der Waals surface area contributed by atoms with E-state index in [0.29, 0.717) is 11.7 Å². The summed E-state index contributed by atoms with van der Waals surface area (Å²) in [6, 6.07) is 15.8. The van der Waals surface area contributed by atoms with Crippen molar-refractivity contribution in [1.29, 1.82) is 0 Å². The smallest absolute Gasteiger partial charge is 0.262 e. The van der Waals surface area contributed by atoms with Gasteiger partial charge in [0.2, 0.25) is 5.82 Å². The molecule has 30 heavy (non-hydrogen) atoms. The predicted octanol–water partition coefficient (Wildman–Crippen LogP) is 3.79. The average Bonchev–Trinajstić information content (AvgIpc) is 3.52. The standard InChI is InChI=1S/C23H23N5O2/c1-27-13-4-5-18(27)15-28-14-10-19(16-28)29-21-7-3-2-6-20(21)23-25-22(26-30-23)17-8-11-24-12-9-17/h2-9,11-13,19H,10,14-16H2,1H3.